The molecule has 2 aromatic rings. The van der Waals surface area contributed by atoms with E-state index < -0.39 is 0 Å². The normalized spacial score (nSPS) is 10.7. The lowest BCUT2D eigenvalue weighted by molar-refractivity contribution is 0.0978. The largest absolute Gasteiger partial charge is 0.493 e. The van der Waals surface area contributed by atoms with Crippen LogP contribution in [0.15, 0.2) is 42.5 Å². The molecule has 0 aliphatic heterocycles. The predicted molar refractivity (Wildman–Crippen MR) is 120 cm³/mol. The van der Waals surface area contributed by atoms with Crippen molar-refractivity contribution in [2.75, 3.05) is 38.2 Å². The number of ether oxygens (including phenoxy) is 2. The van der Waals surface area contributed by atoms with Crippen molar-refractivity contribution in [2.45, 2.75) is 34.1 Å². The quantitative estimate of drug-likeness (QED) is 0.514. The fourth-order valence-electron chi connectivity index (χ4n) is 3.15. The van der Waals surface area contributed by atoms with Crippen LogP contribution < -0.4 is 14.8 Å². The molecule has 2 aromatic carbocycles. The van der Waals surface area contributed by atoms with E-state index in [9.17, 15) is 9.59 Å². The van der Waals surface area contributed by atoms with Gasteiger partial charge < -0.3 is 19.7 Å². The molecule has 1 N–H and O–H groups in total. The summed E-state index contributed by atoms with van der Waals surface area (Å²) in [5.74, 6) is 0.282. The van der Waals surface area contributed by atoms with Crippen molar-refractivity contribution in [3.05, 3.63) is 53.6 Å². The summed E-state index contributed by atoms with van der Waals surface area (Å²) in [5, 5.41) is 2.87. The third-order valence-electron chi connectivity index (χ3n) is 4.84. The van der Waals surface area contributed by atoms with E-state index in [0.717, 1.165) is 13.1 Å². The van der Waals surface area contributed by atoms with Gasteiger partial charge in [0.25, 0.3) is 5.91 Å². The van der Waals surface area contributed by atoms with Gasteiger partial charge in [0.2, 0.25) is 0 Å². The molecule has 6 heteroatoms. The molecule has 0 heterocycles. The number of hydrogen-bond acceptors (Lipinski definition) is 5. The predicted octanol–water partition coefficient (Wildman–Crippen LogP) is 4.65. The molecule has 30 heavy (non-hydrogen) atoms. The monoisotopic (exact) mass is 412 g/mol. The topological polar surface area (TPSA) is 67.9 Å². The van der Waals surface area contributed by atoms with E-state index in [1.807, 2.05) is 37.3 Å². The molecule has 0 aromatic heterocycles. The van der Waals surface area contributed by atoms with Crippen molar-refractivity contribution >= 4 is 17.4 Å². The van der Waals surface area contributed by atoms with Gasteiger partial charge in [0.1, 0.15) is 23.7 Å². The molecular formula is C24H32N2O4. The van der Waals surface area contributed by atoms with Crippen molar-refractivity contribution in [1.82, 2.24) is 4.90 Å². The standard InChI is InChI=1S/C24H32N2O4/c1-5-20(27)22-21(29-8-4)15-14-19(23(22)30-17-16-26(6-2)7-3)24(28)25-18-12-10-9-11-13-18/h9-15H,5-8,16-17H2,1-4H3,(H,25,28). The van der Waals surface area contributed by atoms with Crippen LogP contribution in [0.1, 0.15) is 54.8 Å². The fourth-order valence-corrected chi connectivity index (χ4v) is 3.15. The first-order valence-electron chi connectivity index (χ1n) is 10.6. The third kappa shape index (κ3) is 6.07. The Morgan fingerprint density at radius 1 is 0.933 bits per heavy atom. The van der Waals surface area contributed by atoms with Crippen LogP contribution >= 0.6 is 0 Å². The summed E-state index contributed by atoms with van der Waals surface area (Å²) >= 11 is 0. The molecule has 0 saturated carbocycles. The number of likely N-dealkylation sites (N-methyl/N-ethyl adjacent to an activating group) is 1. The van der Waals surface area contributed by atoms with Crippen molar-refractivity contribution in [1.29, 1.82) is 0 Å². The lowest BCUT2D eigenvalue weighted by Gasteiger charge is -2.21. The molecule has 162 valence electrons. The van der Waals surface area contributed by atoms with Gasteiger partial charge in [0.15, 0.2) is 5.78 Å². The highest BCUT2D eigenvalue weighted by Crippen LogP contribution is 2.34. The molecule has 0 fully saturated rings. The second-order valence-electron chi connectivity index (χ2n) is 6.72. The maximum absolute atomic E-state index is 13.0. The van der Waals surface area contributed by atoms with Gasteiger partial charge in [-0.1, -0.05) is 39.0 Å². The lowest BCUT2D eigenvalue weighted by Crippen LogP contribution is -2.28. The number of hydrogen-bond donors (Lipinski definition) is 1. The minimum absolute atomic E-state index is 0.120. The Morgan fingerprint density at radius 2 is 1.63 bits per heavy atom. The van der Waals surface area contributed by atoms with E-state index in [1.165, 1.54) is 0 Å². The van der Waals surface area contributed by atoms with Crippen LogP contribution in [0.3, 0.4) is 0 Å². The van der Waals surface area contributed by atoms with Gasteiger partial charge >= 0.3 is 0 Å². The Balaban J connectivity index is 2.42. The number of carbonyl (C=O) groups is 2. The van der Waals surface area contributed by atoms with E-state index in [-0.39, 0.29) is 23.9 Å². The smallest absolute Gasteiger partial charge is 0.259 e. The molecule has 2 rings (SSSR count). The number of Topliss-reactive ketones (excluding diaryl/α,β-unsaturated/α-hetero) is 1. The zero-order valence-corrected chi connectivity index (χ0v) is 18.4. The summed E-state index contributed by atoms with van der Waals surface area (Å²) in [6, 6.07) is 12.5. The molecule has 0 aliphatic rings. The van der Waals surface area contributed by atoms with Crippen molar-refractivity contribution in [2.24, 2.45) is 0 Å². The van der Waals surface area contributed by atoms with Crippen molar-refractivity contribution in [3.63, 3.8) is 0 Å². The van der Waals surface area contributed by atoms with Crippen LogP contribution in [-0.2, 0) is 0 Å². The minimum atomic E-state index is -0.327. The average Bonchev–Trinajstić information content (AvgIpc) is 2.77. The highest BCUT2D eigenvalue weighted by Gasteiger charge is 2.25. The SMILES string of the molecule is CCOc1ccc(C(=O)Nc2ccccc2)c(OCCN(CC)CC)c1C(=O)CC. The molecule has 0 aliphatic carbocycles. The number of nitrogens with one attached hydrogen (secondary N) is 1. The van der Waals surface area contributed by atoms with Crippen LogP contribution in [0.25, 0.3) is 0 Å². The molecule has 6 nitrogen and oxygen atoms in total. The maximum atomic E-state index is 13.0. The molecule has 0 saturated heterocycles. The van der Waals surface area contributed by atoms with Gasteiger partial charge in [0.05, 0.1) is 12.2 Å². The van der Waals surface area contributed by atoms with Crippen LogP contribution in [0.2, 0.25) is 0 Å². The number of ketones is 1. The summed E-state index contributed by atoms with van der Waals surface area (Å²) in [4.78, 5) is 28.0. The lowest BCUT2D eigenvalue weighted by atomic mass is 10.0. The van der Waals surface area contributed by atoms with Gasteiger partial charge in [-0.05, 0) is 44.3 Å². The Kier molecular flexibility index (Phi) is 9.35. The highest BCUT2D eigenvalue weighted by atomic mass is 16.5. The molecule has 0 atom stereocenters. The number of benzene rings is 2. The summed E-state index contributed by atoms with van der Waals surface area (Å²) in [7, 11) is 0. The zero-order chi connectivity index (χ0) is 21.9. The van der Waals surface area contributed by atoms with E-state index in [4.69, 9.17) is 9.47 Å². The van der Waals surface area contributed by atoms with Crippen LogP contribution in [0, 0.1) is 0 Å². The van der Waals surface area contributed by atoms with Gasteiger partial charge in [-0.2, -0.15) is 0 Å². The second-order valence-corrected chi connectivity index (χ2v) is 6.72. The van der Waals surface area contributed by atoms with E-state index in [2.05, 4.69) is 24.1 Å². The Labute approximate surface area is 179 Å². The summed E-state index contributed by atoms with van der Waals surface area (Å²) in [5.41, 5.74) is 1.33. The van der Waals surface area contributed by atoms with Crippen LogP contribution in [0.4, 0.5) is 5.69 Å². The summed E-state index contributed by atoms with van der Waals surface area (Å²) in [6.45, 7) is 11.1. The Hall–Kier alpha value is -2.86. The fraction of sp³-hybridized carbons (Fsp3) is 0.417. The number of amides is 1. The summed E-state index contributed by atoms with van der Waals surface area (Å²) in [6.07, 6.45) is 0.288. The van der Waals surface area contributed by atoms with Gasteiger partial charge in [-0.15, -0.1) is 0 Å². The van der Waals surface area contributed by atoms with Crippen molar-refractivity contribution in [3.8, 4) is 11.5 Å². The number of para-hydroxylation sites is 1. The molecule has 1 amide bonds. The van der Waals surface area contributed by atoms with Gasteiger partial charge in [-0.25, -0.2) is 0 Å². The Morgan fingerprint density at radius 3 is 2.23 bits per heavy atom. The molecule has 0 spiro atoms. The number of carbonyl (C=O) groups excluding carboxylic acids is 2. The average molecular weight is 413 g/mol. The highest BCUT2D eigenvalue weighted by molar-refractivity contribution is 6.10. The first-order chi connectivity index (χ1) is 14.5. The number of nitrogens with zero attached hydrogens (tertiary/aromatic N) is 1. The third-order valence-corrected chi connectivity index (χ3v) is 4.84. The molecular weight excluding hydrogens is 380 g/mol. The van der Waals surface area contributed by atoms with Crippen LogP contribution in [0.5, 0.6) is 11.5 Å². The zero-order valence-electron chi connectivity index (χ0n) is 18.4. The van der Waals surface area contributed by atoms with Gasteiger partial charge in [-0.3, -0.25) is 9.59 Å². The number of anilines is 1. The molecule has 0 bridgehead atoms. The van der Waals surface area contributed by atoms with E-state index in [0.29, 0.717) is 42.3 Å². The van der Waals surface area contributed by atoms with Crippen LogP contribution in [-0.4, -0.2) is 49.4 Å². The Bertz CT molecular complexity index is 833. The first-order valence-corrected chi connectivity index (χ1v) is 10.6. The second kappa shape index (κ2) is 12.0. The van der Waals surface area contributed by atoms with Gasteiger partial charge in [0, 0.05) is 18.7 Å². The minimum Gasteiger partial charge on any atom is -0.493 e. The number of rotatable bonds is 12. The maximum Gasteiger partial charge on any atom is 0.259 e. The summed E-state index contributed by atoms with van der Waals surface area (Å²) < 4.78 is 11.7. The molecule has 0 radical (unpaired) electrons. The van der Waals surface area contributed by atoms with E-state index >= 15 is 0 Å². The molecule has 0 unspecified atom stereocenters. The van der Waals surface area contributed by atoms with Crippen molar-refractivity contribution < 1.29 is 19.1 Å². The first kappa shape index (κ1) is 23.4. The van der Waals surface area contributed by atoms with E-state index in [1.54, 1.807) is 19.1 Å².